The summed E-state index contributed by atoms with van der Waals surface area (Å²) in [5, 5.41) is 0.744. The van der Waals surface area contributed by atoms with E-state index >= 15 is 0 Å². The van der Waals surface area contributed by atoms with Crippen molar-refractivity contribution < 1.29 is 27.4 Å². The van der Waals surface area contributed by atoms with Crippen molar-refractivity contribution in [2.45, 2.75) is 57.0 Å². The molecular formula is C34H43ClN2O6S. The molecule has 44 heavy (non-hydrogen) atoms. The van der Waals surface area contributed by atoms with E-state index in [4.69, 9.17) is 25.8 Å². The molecule has 2 aromatic carbocycles. The number of hydrogen-bond acceptors (Lipinski definition) is 7. The number of rotatable bonds is 4. The Morgan fingerprint density at radius 2 is 2.02 bits per heavy atom. The Kier molecular flexibility index (Phi) is 9.30. The van der Waals surface area contributed by atoms with Crippen LogP contribution in [0.1, 0.15) is 60.5 Å². The van der Waals surface area contributed by atoms with E-state index in [-0.39, 0.29) is 23.2 Å². The molecule has 2 aromatic rings. The zero-order valence-corrected chi connectivity index (χ0v) is 27.2. The van der Waals surface area contributed by atoms with Crippen LogP contribution < -0.4 is 14.4 Å². The van der Waals surface area contributed by atoms with Gasteiger partial charge in [-0.15, -0.1) is 0 Å². The number of nitrogens with one attached hydrogen (secondary N) is 1. The molecule has 2 bridgehead atoms. The molecule has 0 saturated heterocycles. The third kappa shape index (κ3) is 6.66. The van der Waals surface area contributed by atoms with Gasteiger partial charge in [0, 0.05) is 36.2 Å². The molecule has 1 fully saturated rings. The number of amides is 1. The van der Waals surface area contributed by atoms with Gasteiger partial charge in [0.1, 0.15) is 5.75 Å². The van der Waals surface area contributed by atoms with Gasteiger partial charge in [-0.3, -0.25) is 4.79 Å². The van der Waals surface area contributed by atoms with Crippen molar-refractivity contribution >= 4 is 33.2 Å². The Labute approximate surface area is 266 Å². The van der Waals surface area contributed by atoms with Crippen molar-refractivity contribution in [3.8, 4) is 5.75 Å². The number of hydrogen-bond donors (Lipinski definition) is 1. The van der Waals surface area contributed by atoms with Crippen LogP contribution in [-0.4, -0.2) is 66.2 Å². The van der Waals surface area contributed by atoms with Crippen LogP contribution in [-0.2, 0) is 31.3 Å². The van der Waals surface area contributed by atoms with E-state index in [1.165, 1.54) is 11.1 Å². The maximum absolute atomic E-state index is 13.3. The predicted octanol–water partition coefficient (Wildman–Crippen LogP) is 5.53. The number of anilines is 1. The molecule has 2 aliphatic carbocycles. The molecule has 1 amide bonds. The minimum absolute atomic E-state index is 0.0825. The summed E-state index contributed by atoms with van der Waals surface area (Å²) in [6.07, 6.45) is 9.80. The molecular weight excluding hydrogens is 600 g/mol. The Morgan fingerprint density at radius 1 is 1.16 bits per heavy atom. The van der Waals surface area contributed by atoms with E-state index in [1.807, 2.05) is 25.1 Å². The lowest BCUT2D eigenvalue weighted by molar-refractivity contribution is -0.0309. The third-order valence-corrected chi connectivity index (χ3v) is 11.6. The normalized spacial score (nSPS) is 30.6. The average molecular weight is 643 g/mol. The first-order chi connectivity index (χ1) is 21.2. The van der Waals surface area contributed by atoms with Crippen LogP contribution >= 0.6 is 11.6 Å². The van der Waals surface area contributed by atoms with E-state index < -0.39 is 15.9 Å². The summed E-state index contributed by atoms with van der Waals surface area (Å²) in [5.41, 5.74) is 3.43. The average Bonchev–Trinajstić information content (AvgIpc) is 3.11. The first kappa shape index (κ1) is 31.4. The molecule has 1 N–H and O–H groups in total. The molecule has 0 radical (unpaired) electrons. The van der Waals surface area contributed by atoms with E-state index in [2.05, 4.69) is 27.8 Å². The lowest BCUT2D eigenvalue weighted by Crippen LogP contribution is -2.49. The Hall–Kier alpha value is -2.59. The maximum Gasteiger partial charge on any atom is 0.264 e. The maximum atomic E-state index is 13.3. The van der Waals surface area contributed by atoms with Gasteiger partial charge in [-0.2, -0.15) is 0 Å². The lowest BCUT2D eigenvalue weighted by Gasteiger charge is -2.46. The molecule has 6 rings (SSSR count). The first-order valence-electron chi connectivity index (χ1n) is 15.8. The molecule has 4 aliphatic rings. The topological polar surface area (TPSA) is 94.2 Å². The minimum atomic E-state index is -3.83. The van der Waals surface area contributed by atoms with Crippen LogP contribution in [0, 0.1) is 17.8 Å². The standard InChI is InChI=1S/C34H43ClN2O6S/c1-23-5-3-7-31(42-16-15-41-2)28-11-8-26(28)19-37-21-34(14-4-6-24-17-27(35)10-12-29(24)34)22-43-32-13-9-25(18-30(32)37)33(38)36-44(39,40)20-23/h3,7,9-10,12-13,17-18,23,26,28,31H,4-6,8,11,14-16,19-22H2,1-2H3,(H,36,38)/b7-3-/t23-,26-,28+,31-,34-/m0/s1. The number of nitrogens with zero attached hydrogens (tertiary/aromatic N) is 1. The number of aryl methyl sites for hydroxylation is 1. The monoisotopic (exact) mass is 642 g/mol. The molecule has 1 spiro atoms. The molecule has 8 nitrogen and oxygen atoms in total. The zero-order chi connectivity index (χ0) is 30.9. The highest BCUT2D eigenvalue weighted by atomic mass is 35.5. The van der Waals surface area contributed by atoms with Gasteiger partial charge in [-0.05, 0) is 97.7 Å². The van der Waals surface area contributed by atoms with Crippen molar-refractivity contribution in [3.05, 3.63) is 70.3 Å². The summed E-state index contributed by atoms with van der Waals surface area (Å²) in [4.78, 5) is 15.7. The van der Waals surface area contributed by atoms with Gasteiger partial charge in [0.25, 0.3) is 5.91 Å². The molecule has 0 unspecified atom stereocenters. The number of carbonyl (C=O) groups is 1. The van der Waals surface area contributed by atoms with Crippen LogP contribution in [0.25, 0.3) is 0 Å². The number of sulfonamides is 1. The van der Waals surface area contributed by atoms with Crippen molar-refractivity contribution in [2.75, 3.05) is 50.7 Å². The lowest BCUT2D eigenvalue weighted by atomic mass is 9.68. The van der Waals surface area contributed by atoms with Gasteiger partial charge < -0.3 is 19.1 Å². The predicted molar refractivity (Wildman–Crippen MR) is 172 cm³/mol. The van der Waals surface area contributed by atoms with Gasteiger partial charge in [-0.25, -0.2) is 13.1 Å². The highest BCUT2D eigenvalue weighted by Crippen LogP contribution is 2.47. The Morgan fingerprint density at radius 3 is 2.82 bits per heavy atom. The summed E-state index contributed by atoms with van der Waals surface area (Å²) in [6.45, 7) is 4.92. The van der Waals surface area contributed by atoms with Gasteiger partial charge >= 0.3 is 0 Å². The number of methoxy groups -OCH3 is 1. The number of carbonyl (C=O) groups excluding carboxylic acids is 1. The number of ether oxygens (including phenoxy) is 3. The molecule has 238 valence electrons. The largest absolute Gasteiger partial charge is 0.490 e. The quantitative estimate of drug-likeness (QED) is 0.346. The second kappa shape index (κ2) is 13.0. The van der Waals surface area contributed by atoms with Gasteiger partial charge in [0.2, 0.25) is 10.0 Å². The first-order valence-corrected chi connectivity index (χ1v) is 17.8. The smallest absolute Gasteiger partial charge is 0.264 e. The van der Waals surface area contributed by atoms with Gasteiger partial charge in [0.05, 0.1) is 37.4 Å². The summed E-state index contributed by atoms with van der Waals surface area (Å²) >= 11 is 6.42. The van der Waals surface area contributed by atoms with Crippen molar-refractivity contribution in [2.24, 2.45) is 17.8 Å². The van der Waals surface area contributed by atoms with Crippen LogP contribution in [0.2, 0.25) is 5.02 Å². The highest BCUT2D eigenvalue weighted by molar-refractivity contribution is 7.90. The zero-order valence-electron chi connectivity index (χ0n) is 25.6. The van der Waals surface area contributed by atoms with Gasteiger partial charge in [0.15, 0.2) is 0 Å². The van der Waals surface area contributed by atoms with Crippen LogP contribution in [0.5, 0.6) is 5.75 Å². The summed E-state index contributed by atoms with van der Waals surface area (Å²) in [6, 6.07) is 11.5. The number of benzene rings is 2. The third-order valence-electron chi connectivity index (χ3n) is 9.87. The van der Waals surface area contributed by atoms with E-state index in [0.717, 1.165) is 55.9 Å². The number of allylic oxidation sites excluding steroid dienone is 1. The highest BCUT2D eigenvalue weighted by Gasteiger charge is 2.44. The SMILES string of the molecule is COCCO[C@H]1/C=C\C[C@H](C)CS(=O)(=O)NC(=O)c2ccc3c(c2)N(C[C@@H]2CC[C@H]21)C[C@@]1(CCCc2cc(Cl)ccc21)CO3. The van der Waals surface area contributed by atoms with Crippen LogP contribution in [0.4, 0.5) is 5.69 Å². The molecule has 10 heteroatoms. The number of fused-ring (bicyclic) bond motifs is 4. The van der Waals surface area contributed by atoms with E-state index in [9.17, 15) is 13.2 Å². The summed E-state index contributed by atoms with van der Waals surface area (Å²) in [7, 11) is -2.16. The van der Waals surface area contributed by atoms with Crippen molar-refractivity contribution in [1.82, 2.24) is 4.72 Å². The van der Waals surface area contributed by atoms with Crippen molar-refractivity contribution in [3.63, 3.8) is 0 Å². The summed E-state index contributed by atoms with van der Waals surface area (Å²) in [5.74, 6) is 0.486. The fraction of sp³-hybridized carbons (Fsp3) is 0.559. The van der Waals surface area contributed by atoms with Crippen LogP contribution in [0.3, 0.4) is 0 Å². The van der Waals surface area contributed by atoms with Crippen molar-refractivity contribution in [1.29, 1.82) is 0 Å². The Bertz CT molecular complexity index is 1510. The fourth-order valence-electron chi connectivity index (χ4n) is 7.51. The minimum Gasteiger partial charge on any atom is -0.490 e. The van der Waals surface area contributed by atoms with E-state index in [1.54, 1.807) is 19.2 Å². The molecule has 0 aromatic heterocycles. The second-order valence-electron chi connectivity index (χ2n) is 13.1. The molecule has 2 heterocycles. The van der Waals surface area contributed by atoms with Crippen LogP contribution in [0.15, 0.2) is 48.6 Å². The van der Waals surface area contributed by atoms with Gasteiger partial charge in [-0.1, -0.05) is 36.7 Å². The molecule has 5 atom stereocenters. The Balaban J connectivity index is 1.40. The number of halogens is 1. The fourth-order valence-corrected chi connectivity index (χ4v) is 9.07. The second-order valence-corrected chi connectivity index (χ2v) is 15.3. The molecule has 1 saturated carbocycles. The van der Waals surface area contributed by atoms with E-state index in [0.29, 0.717) is 49.4 Å². The summed E-state index contributed by atoms with van der Waals surface area (Å²) < 4.78 is 46.5. The molecule has 2 aliphatic heterocycles.